The van der Waals surface area contributed by atoms with E-state index in [4.69, 9.17) is 9.97 Å². The molecule has 0 atom stereocenters. The predicted octanol–water partition coefficient (Wildman–Crippen LogP) is 9.12. The number of hydrogen-bond acceptors (Lipinski definition) is 5. The van der Waals surface area contributed by atoms with Crippen molar-refractivity contribution in [1.29, 1.82) is 0 Å². The molecule has 0 aliphatic rings. The molecule has 1 N–H and O–H groups in total. The molecule has 0 saturated carbocycles. The van der Waals surface area contributed by atoms with Crippen LogP contribution in [0.5, 0.6) is 5.75 Å². The number of hydrogen-bond donors (Lipinski definition) is 1. The monoisotopic (exact) mass is 739 g/mol. The topological polar surface area (TPSA) is 58.9 Å². The number of aromatic hydroxyl groups is 1. The third-order valence-corrected chi connectivity index (χ3v) is 7.64. The largest absolute Gasteiger partial charge is 0.507 e. The molecule has 212 valence electrons. The Morgan fingerprint density at radius 1 is 0.707 bits per heavy atom. The van der Waals surface area contributed by atoms with E-state index in [0.29, 0.717) is 11.4 Å². The Kier molecular flexibility index (Phi) is 9.21. The van der Waals surface area contributed by atoms with Gasteiger partial charge >= 0.3 is 0 Å². The van der Waals surface area contributed by atoms with Gasteiger partial charge in [-0.15, -0.1) is 29.8 Å². The maximum absolute atomic E-state index is 10.7. The Hall–Kier alpha value is -3.27. The van der Waals surface area contributed by atoms with E-state index in [1.54, 1.807) is 30.1 Å². The second kappa shape index (κ2) is 12.3. The van der Waals surface area contributed by atoms with Gasteiger partial charge in [-0.25, -0.2) is 9.97 Å². The van der Waals surface area contributed by atoms with Crippen molar-refractivity contribution in [1.82, 2.24) is 15.0 Å². The van der Waals surface area contributed by atoms with Gasteiger partial charge in [-0.05, 0) is 64.0 Å². The van der Waals surface area contributed by atoms with Crippen LogP contribution in [0.15, 0.2) is 101 Å². The zero-order valence-electron chi connectivity index (χ0n) is 24.2. The molecule has 0 bridgehead atoms. The molecule has 0 unspecified atom stereocenters. The predicted molar refractivity (Wildman–Crippen MR) is 165 cm³/mol. The smallest absolute Gasteiger partial charge is 0.154 e. The quantitative estimate of drug-likeness (QED) is 0.182. The van der Waals surface area contributed by atoms with Crippen molar-refractivity contribution in [3.05, 3.63) is 108 Å². The van der Waals surface area contributed by atoms with Crippen LogP contribution in [0.4, 0.5) is 0 Å². The van der Waals surface area contributed by atoms with Crippen molar-refractivity contribution in [2.45, 2.75) is 62.3 Å². The van der Waals surface area contributed by atoms with Gasteiger partial charge in [0, 0.05) is 32.8 Å². The van der Waals surface area contributed by atoms with Crippen LogP contribution in [-0.2, 0) is 31.9 Å². The fraction of sp³-hybridized carbons (Fsp3) is 0.229. The Morgan fingerprint density at radius 3 is 2.00 bits per heavy atom. The molecule has 5 aromatic rings. The molecule has 0 amide bonds. The first-order valence-corrected chi connectivity index (χ1v) is 14.2. The number of pyridine rings is 1. The first-order valence-electron chi connectivity index (χ1n) is 13.4. The van der Waals surface area contributed by atoms with Crippen LogP contribution < -0.4 is 0 Å². The van der Waals surface area contributed by atoms with E-state index in [2.05, 4.69) is 70.8 Å². The normalized spacial score (nSPS) is 11.7. The van der Waals surface area contributed by atoms with Crippen molar-refractivity contribution in [2.24, 2.45) is 0 Å². The average molecular weight is 740 g/mol. The van der Waals surface area contributed by atoms with Gasteiger partial charge in [0.05, 0.1) is 16.3 Å². The van der Waals surface area contributed by atoms with Crippen LogP contribution in [0, 0.1) is 6.07 Å². The summed E-state index contributed by atoms with van der Waals surface area (Å²) in [5, 5.41) is 11.6. The van der Waals surface area contributed by atoms with Crippen molar-refractivity contribution in [3.8, 4) is 39.7 Å². The zero-order chi connectivity index (χ0) is 28.5. The van der Waals surface area contributed by atoms with Crippen LogP contribution in [0.1, 0.15) is 52.7 Å². The maximum atomic E-state index is 10.7. The van der Waals surface area contributed by atoms with E-state index in [9.17, 15) is 5.11 Å². The summed E-state index contributed by atoms with van der Waals surface area (Å²) in [6, 6.07) is 31.4. The van der Waals surface area contributed by atoms with Crippen molar-refractivity contribution >= 4 is 11.8 Å². The Morgan fingerprint density at radius 2 is 1.37 bits per heavy atom. The maximum Gasteiger partial charge on any atom is 0.154 e. The van der Waals surface area contributed by atoms with Gasteiger partial charge in [0.1, 0.15) is 5.75 Å². The Balaban J connectivity index is 0.00000387. The average Bonchev–Trinajstić information content (AvgIpc) is 2.92. The van der Waals surface area contributed by atoms with Gasteiger partial charge in [0.2, 0.25) is 0 Å². The SMILES string of the molecule is CC(C)(C)c1cc(-c2cc(-c3[c-]c(Sc4ccccn4)ccc3)nc(-c3ccccc3O)n2)cc(C(C)(C)C)c1.[Pt]. The van der Waals surface area contributed by atoms with Gasteiger partial charge in [-0.1, -0.05) is 88.5 Å². The summed E-state index contributed by atoms with van der Waals surface area (Å²) in [6.45, 7) is 13.4. The third kappa shape index (κ3) is 7.33. The number of phenolic OH excluding ortho intramolecular Hbond substituents is 1. The summed E-state index contributed by atoms with van der Waals surface area (Å²) in [7, 11) is 0. The van der Waals surface area contributed by atoms with Crippen molar-refractivity contribution < 1.29 is 26.2 Å². The molecule has 0 saturated heterocycles. The van der Waals surface area contributed by atoms with Gasteiger partial charge in [-0.3, -0.25) is 4.98 Å². The summed E-state index contributed by atoms with van der Waals surface area (Å²) >= 11 is 1.56. The summed E-state index contributed by atoms with van der Waals surface area (Å²) in [5.41, 5.74) is 6.45. The third-order valence-electron chi connectivity index (χ3n) is 6.73. The van der Waals surface area contributed by atoms with Crippen LogP contribution in [0.25, 0.3) is 33.9 Å². The minimum Gasteiger partial charge on any atom is -0.507 e. The first-order chi connectivity index (χ1) is 19.0. The van der Waals surface area contributed by atoms with E-state index in [-0.39, 0.29) is 37.6 Å². The number of phenols is 1. The minimum atomic E-state index is -0.0306. The summed E-state index contributed by atoms with van der Waals surface area (Å²) in [6.07, 6.45) is 1.79. The molecule has 2 heterocycles. The number of rotatable bonds is 5. The Bertz CT molecular complexity index is 1620. The molecule has 0 radical (unpaired) electrons. The van der Waals surface area contributed by atoms with E-state index in [1.807, 2.05) is 54.6 Å². The van der Waals surface area contributed by atoms with Gasteiger partial charge in [-0.2, -0.15) is 0 Å². The van der Waals surface area contributed by atoms with E-state index < -0.39 is 0 Å². The molecular formula is C35H34N3OPtS-. The molecule has 2 aromatic heterocycles. The molecule has 3 aromatic carbocycles. The number of nitrogens with zero attached hydrogens (tertiary/aromatic N) is 3. The summed E-state index contributed by atoms with van der Waals surface area (Å²) in [5.74, 6) is 0.619. The number of aromatic nitrogens is 3. The second-order valence-corrected chi connectivity index (χ2v) is 13.0. The standard InChI is InChI=1S/C35H34N3OS.Pt/c1-34(2,3)25-18-24(19-26(21-25)35(4,5)6)30-22-29(37-33(38-30)28-14-7-8-15-31(28)39)23-12-11-13-27(20-23)40-32-16-9-10-17-36-32;/h7-19,21-22,39H,1-6H3;/q-1;. The Labute approximate surface area is 262 Å². The van der Waals surface area contributed by atoms with Gasteiger partial charge in [0.15, 0.2) is 5.82 Å². The van der Waals surface area contributed by atoms with Gasteiger partial charge in [0.25, 0.3) is 0 Å². The second-order valence-electron chi connectivity index (χ2n) is 12.0. The zero-order valence-corrected chi connectivity index (χ0v) is 27.3. The molecule has 4 nitrogen and oxygen atoms in total. The summed E-state index contributed by atoms with van der Waals surface area (Å²) in [4.78, 5) is 15.3. The molecule has 41 heavy (non-hydrogen) atoms. The van der Waals surface area contributed by atoms with Crippen LogP contribution in [0.3, 0.4) is 0 Å². The molecule has 6 heteroatoms. The first kappa shape index (κ1) is 30.7. The molecule has 0 fully saturated rings. The summed E-state index contributed by atoms with van der Waals surface area (Å²) < 4.78 is 0. The van der Waals surface area contributed by atoms with Crippen LogP contribution in [-0.4, -0.2) is 20.1 Å². The van der Waals surface area contributed by atoms with E-state index in [0.717, 1.165) is 32.4 Å². The fourth-order valence-electron chi connectivity index (χ4n) is 4.33. The fourth-order valence-corrected chi connectivity index (χ4v) is 5.13. The molecular weight excluding hydrogens is 706 g/mol. The van der Waals surface area contributed by atoms with Crippen LogP contribution in [0.2, 0.25) is 0 Å². The van der Waals surface area contributed by atoms with E-state index in [1.165, 1.54) is 11.1 Å². The van der Waals surface area contributed by atoms with Crippen molar-refractivity contribution in [2.75, 3.05) is 0 Å². The van der Waals surface area contributed by atoms with E-state index >= 15 is 0 Å². The molecule has 0 aliphatic heterocycles. The van der Waals surface area contributed by atoms with Crippen LogP contribution >= 0.6 is 11.8 Å². The molecule has 5 rings (SSSR count). The van der Waals surface area contributed by atoms with Crippen molar-refractivity contribution in [3.63, 3.8) is 0 Å². The van der Waals surface area contributed by atoms with Gasteiger partial charge < -0.3 is 5.11 Å². The minimum absolute atomic E-state index is 0. The molecule has 0 spiro atoms. The number of para-hydroxylation sites is 1. The number of benzene rings is 3. The molecule has 0 aliphatic carbocycles.